The number of pyridine rings is 1. The SMILES string of the molecule is CS(=O)(=O)N1CCO[C@H](COc2nc(-c3ccc4[nH]ncc4c3)cc3nccnc23)C1.S. The molecule has 0 radical (unpaired) electrons. The minimum Gasteiger partial charge on any atom is -0.473 e. The van der Waals surface area contributed by atoms with Crippen molar-refractivity contribution in [3.63, 3.8) is 0 Å². The summed E-state index contributed by atoms with van der Waals surface area (Å²) in [7, 11) is -3.28. The van der Waals surface area contributed by atoms with Crippen LogP contribution in [0.5, 0.6) is 5.88 Å². The van der Waals surface area contributed by atoms with Crippen molar-refractivity contribution in [1.29, 1.82) is 0 Å². The molecule has 0 spiro atoms. The first-order valence-corrected chi connectivity index (χ1v) is 11.6. The van der Waals surface area contributed by atoms with Gasteiger partial charge in [-0.15, -0.1) is 0 Å². The fourth-order valence-corrected chi connectivity index (χ4v) is 4.40. The second-order valence-electron chi connectivity index (χ2n) is 7.33. The van der Waals surface area contributed by atoms with Gasteiger partial charge in [0, 0.05) is 36.4 Å². The number of H-pyrrole nitrogens is 1. The third-order valence-corrected chi connectivity index (χ3v) is 6.41. The van der Waals surface area contributed by atoms with Crippen LogP contribution >= 0.6 is 13.5 Å². The number of nitrogens with zero attached hydrogens (tertiary/aromatic N) is 5. The molecule has 0 aliphatic carbocycles. The molecule has 4 heterocycles. The zero-order chi connectivity index (χ0) is 21.4. The lowest BCUT2D eigenvalue weighted by atomic mass is 10.1. The molecule has 1 aliphatic heterocycles. The van der Waals surface area contributed by atoms with Gasteiger partial charge in [-0.05, 0) is 18.2 Å². The van der Waals surface area contributed by atoms with Gasteiger partial charge >= 0.3 is 0 Å². The maximum atomic E-state index is 11.8. The highest BCUT2D eigenvalue weighted by Crippen LogP contribution is 2.28. The summed E-state index contributed by atoms with van der Waals surface area (Å²) in [5, 5.41) is 7.96. The summed E-state index contributed by atoms with van der Waals surface area (Å²) in [4.78, 5) is 13.4. The quantitative estimate of drug-likeness (QED) is 0.464. The molecule has 1 atom stereocenters. The third-order valence-electron chi connectivity index (χ3n) is 5.14. The van der Waals surface area contributed by atoms with Gasteiger partial charge < -0.3 is 9.47 Å². The smallest absolute Gasteiger partial charge is 0.242 e. The molecule has 1 saturated heterocycles. The Balaban J connectivity index is 0.00000245. The lowest BCUT2D eigenvalue weighted by Crippen LogP contribution is -2.47. The van der Waals surface area contributed by atoms with Crippen LogP contribution in [0.2, 0.25) is 0 Å². The summed E-state index contributed by atoms with van der Waals surface area (Å²) in [5.74, 6) is 0.327. The van der Waals surface area contributed by atoms with E-state index < -0.39 is 16.1 Å². The molecule has 168 valence electrons. The van der Waals surface area contributed by atoms with Crippen molar-refractivity contribution in [2.45, 2.75) is 6.10 Å². The minimum absolute atomic E-state index is 0. The molecule has 32 heavy (non-hydrogen) atoms. The maximum absolute atomic E-state index is 11.8. The molecule has 4 aromatic rings. The second-order valence-corrected chi connectivity index (χ2v) is 9.32. The summed E-state index contributed by atoms with van der Waals surface area (Å²) in [6.07, 6.45) is 5.75. The van der Waals surface area contributed by atoms with Gasteiger partial charge in [-0.3, -0.25) is 10.1 Å². The molecular formula is C20H22N6O4S2. The van der Waals surface area contributed by atoms with Gasteiger partial charge in [0.1, 0.15) is 12.7 Å². The Morgan fingerprint density at radius 1 is 1.25 bits per heavy atom. The number of hydrogen-bond acceptors (Lipinski definition) is 8. The largest absolute Gasteiger partial charge is 0.473 e. The van der Waals surface area contributed by atoms with Gasteiger partial charge in [0.2, 0.25) is 15.9 Å². The van der Waals surface area contributed by atoms with Crippen molar-refractivity contribution in [1.82, 2.24) is 29.5 Å². The molecular weight excluding hydrogens is 452 g/mol. The highest BCUT2D eigenvalue weighted by atomic mass is 32.2. The van der Waals surface area contributed by atoms with Crippen LogP contribution in [0.15, 0.2) is 42.9 Å². The Morgan fingerprint density at radius 3 is 2.94 bits per heavy atom. The maximum Gasteiger partial charge on any atom is 0.242 e. The summed E-state index contributed by atoms with van der Waals surface area (Å²) < 4.78 is 36.8. The molecule has 3 aromatic heterocycles. The fourth-order valence-electron chi connectivity index (χ4n) is 3.56. The molecule has 1 fully saturated rings. The van der Waals surface area contributed by atoms with E-state index in [0.29, 0.717) is 35.8 Å². The molecule has 12 heteroatoms. The van der Waals surface area contributed by atoms with E-state index in [1.807, 2.05) is 24.3 Å². The molecule has 0 saturated carbocycles. The Morgan fingerprint density at radius 2 is 2.09 bits per heavy atom. The standard InChI is InChI=1S/C20H20N6O4S.H2S/c1-31(27,28)26-6-7-29-15(11-26)12-30-20-19-18(21-4-5-22-19)9-17(24-20)13-2-3-16-14(8-13)10-23-25-16;/h2-5,8-10,15H,6-7,11-12H2,1H3,(H,23,25);1H2/t15-;/m0./s1. The van der Waals surface area contributed by atoms with E-state index in [2.05, 4.69) is 25.1 Å². The van der Waals surface area contributed by atoms with E-state index in [9.17, 15) is 8.42 Å². The number of aromatic nitrogens is 5. The lowest BCUT2D eigenvalue weighted by molar-refractivity contribution is -0.0252. The van der Waals surface area contributed by atoms with Crippen LogP contribution in [-0.4, -0.2) is 76.5 Å². The minimum atomic E-state index is -3.28. The first-order valence-electron chi connectivity index (χ1n) is 9.72. The molecule has 10 nitrogen and oxygen atoms in total. The Hall–Kier alpha value is -2.80. The van der Waals surface area contributed by atoms with Crippen molar-refractivity contribution < 1.29 is 17.9 Å². The number of aromatic amines is 1. The normalized spacial score (nSPS) is 17.3. The van der Waals surface area contributed by atoms with Crippen LogP contribution in [0, 0.1) is 0 Å². The average Bonchev–Trinajstić information content (AvgIpc) is 3.25. The number of sulfonamides is 1. The van der Waals surface area contributed by atoms with E-state index in [1.54, 1.807) is 18.6 Å². The fraction of sp³-hybridized carbons (Fsp3) is 0.300. The van der Waals surface area contributed by atoms with Crippen LogP contribution in [0.4, 0.5) is 0 Å². The molecule has 0 bridgehead atoms. The summed E-state index contributed by atoms with van der Waals surface area (Å²) >= 11 is 0. The van der Waals surface area contributed by atoms with Crippen LogP contribution < -0.4 is 4.74 Å². The Kier molecular flexibility index (Phi) is 6.29. The van der Waals surface area contributed by atoms with Crippen LogP contribution in [0.25, 0.3) is 33.2 Å². The third kappa shape index (κ3) is 4.53. The number of rotatable bonds is 5. The van der Waals surface area contributed by atoms with Crippen LogP contribution in [0.3, 0.4) is 0 Å². The van der Waals surface area contributed by atoms with E-state index in [4.69, 9.17) is 9.47 Å². The van der Waals surface area contributed by atoms with Gasteiger partial charge in [0.15, 0.2) is 5.52 Å². The molecule has 5 rings (SSSR count). The summed E-state index contributed by atoms with van der Waals surface area (Å²) in [5.41, 5.74) is 3.70. The lowest BCUT2D eigenvalue weighted by Gasteiger charge is -2.30. The molecule has 0 unspecified atom stereocenters. The van der Waals surface area contributed by atoms with Crippen molar-refractivity contribution >= 4 is 45.5 Å². The highest BCUT2D eigenvalue weighted by Gasteiger charge is 2.27. The monoisotopic (exact) mass is 474 g/mol. The highest BCUT2D eigenvalue weighted by molar-refractivity contribution is 7.88. The molecule has 1 aromatic carbocycles. The molecule has 1 aliphatic rings. The first kappa shape index (κ1) is 22.4. The van der Waals surface area contributed by atoms with Gasteiger partial charge in [0.05, 0.1) is 35.8 Å². The van der Waals surface area contributed by atoms with Gasteiger partial charge in [-0.1, -0.05) is 6.07 Å². The van der Waals surface area contributed by atoms with Crippen molar-refractivity contribution in [2.75, 3.05) is 32.6 Å². The van der Waals surface area contributed by atoms with E-state index in [-0.39, 0.29) is 26.6 Å². The van der Waals surface area contributed by atoms with E-state index >= 15 is 0 Å². The predicted molar refractivity (Wildman–Crippen MR) is 124 cm³/mol. The number of hydrogen-bond donors (Lipinski definition) is 1. The van der Waals surface area contributed by atoms with Crippen LogP contribution in [0.1, 0.15) is 0 Å². The number of fused-ring (bicyclic) bond motifs is 2. The van der Waals surface area contributed by atoms with E-state index in [1.165, 1.54) is 10.6 Å². The van der Waals surface area contributed by atoms with Gasteiger partial charge in [-0.2, -0.15) is 22.9 Å². The predicted octanol–water partition coefficient (Wildman–Crippen LogP) is 1.72. The number of nitrogens with one attached hydrogen (secondary N) is 1. The van der Waals surface area contributed by atoms with Crippen molar-refractivity contribution in [3.8, 4) is 17.1 Å². The average molecular weight is 475 g/mol. The molecule has 0 amide bonds. The Bertz CT molecular complexity index is 1360. The first-order chi connectivity index (χ1) is 15.0. The zero-order valence-electron chi connectivity index (χ0n) is 17.2. The molecule has 1 N–H and O–H groups in total. The number of ether oxygens (including phenoxy) is 2. The number of morpholine rings is 1. The van der Waals surface area contributed by atoms with Crippen molar-refractivity contribution in [2.24, 2.45) is 0 Å². The van der Waals surface area contributed by atoms with Crippen molar-refractivity contribution in [3.05, 3.63) is 42.9 Å². The summed E-state index contributed by atoms with van der Waals surface area (Å²) in [6.45, 7) is 1.04. The number of benzene rings is 1. The van der Waals surface area contributed by atoms with Gasteiger partial charge in [-0.25, -0.2) is 18.4 Å². The van der Waals surface area contributed by atoms with Gasteiger partial charge in [0.25, 0.3) is 0 Å². The summed E-state index contributed by atoms with van der Waals surface area (Å²) in [6, 6.07) is 7.74. The van der Waals surface area contributed by atoms with E-state index in [0.717, 1.165) is 16.5 Å². The second kappa shape index (κ2) is 8.98. The topological polar surface area (TPSA) is 123 Å². The van der Waals surface area contributed by atoms with Crippen LogP contribution in [-0.2, 0) is 14.8 Å². The Labute approximate surface area is 191 Å². The zero-order valence-corrected chi connectivity index (χ0v) is 19.0.